The molecule has 1 unspecified atom stereocenters. The van der Waals surface area contributed by atoms with Crippen LogP contribution in [0.5, 0.6) is 0 Å². The van der Waals surface area contributed by atoms with E-state index in [9.17, 15) is 14.3 Å². The SMILES string of the molecule is CS(=O)CCNCc1ccc([N+](=O)[O-])cc1Br. The summed E-state index contributed by atoms with van der Waals surface area (Å²) in [5, 5.41) is 13.7. The van der Waals surface area contributed by atoms with Crippen LogP contribution in [0.3, 0.4) is 0 Å². The number of benzene rings is 1. The smallest absolute Gasteiger partial charge is 0.270 e. The molecule has 0 radical (unpaired) electrons. The van der Waals surface area contributed by atoms with Gasteiger partial charge in [-0.15, -0.1) is 0 Å². The van der Waals surface area contributed by atoms with Gasteiger partial charge in [-0.3, -0.25) is 14.3 Å². The monoisotopic (exact) mass is 320 g/mol. The van der Waals surface area contributed by atoms with Gasteiger partial charge in [-0.2, -0.15) is 0 Å². The van der Waals surface area contributed by atoms with Gasteiger partial charge in [-0.25, -0.2) is 0 Å². The molecular weight excluding hydrogens is 308 g/mol. The molecule has 94 valence electrons. The topological polar surface area (TPSA) is 72.2 Å². The van der Waals surface area contributed by atoms with Gasteiger partial charge in [0.2, 0.25) is 0 Å². The van der Waals surface area contributed by atoms with Crippen LogP contribution >= 0.6 is 15.9 Å². The van der Waals surface area contributed by atoms with Crippen LogP contribution in [0, 0.1) is 10.1 Å². The zero-order chi connectivity index (χ0) is 12.8. The normalized spacial score (nSPS) is 12.4. The van der Waals surface area contributed by atoms with Gasteiger partial charge in [0.05, 0.1) is 4.92 Å². The number of nitro groups is 1. The van der Waals surface area contributed by atoms with Crippen molar-refractivity contribution in [3.8, 4) is 0 Å². The van der Waals surface area contributed by atoms with E-state index in [2.05, 4.69) is 21.2 Å². The second-order valence-corrected chi connectivity index (χ2v) is 5.90. The van der Waals surface area contributed by atoms with Crippen molar-refractivity contribution in [1.29, 1.82) is 0 Å². The van der Waals surface area contributed by atoms with Crippen molar-refractivity contribution in [3.05, 3.63) is 38.3 Å². The number of hydrogen-bond acceptors (Lipinski definition) is 4. The minimum absolute atomic E-state index is 0.0651. The Morgan fingerprint density at radius 3 is 2.76 bits per heavy atom. The largest absolute Gasteiger partial charge is 0.312 e. The molecule has 0 heterocycles. The number of halogens is 1. The third-order valence-corrected chi connectivity index (χ3v) is 3.65. The Balaban J connectivity index is 2.54. The lowest BCUT2D eigenvalue weighted by Crippen LogP contribution is -2.19. The second-order valence-electron chi connectivity index (χ2n) is 3.49. The number of nitrogens with one attached hydrogen (secondary N) is 1. The maximum absolute atomic E-state index is 10.8. The van der Waals surface area contributed by atoms with Gasteiger partial charge < -0.3 is 5.32 Å². The summed E-state index contributed by atoms with van der Waals surface area (Å²) in [5.41, 5.74) is 1.01. The van der Waals surface area contributed by atoms with Crippen molar-refractivity contribution in [2.24, 2.45) is 0 Å². The van der Waals surface area contributed by atoms with Gasteiger partial charge >= 0.3 is 0 Å². The minimum atomic E-state index is -0.802. The minimum Gasteiger partial charge on any atom is -0.312 e. The van der Waals surface area contributed by atoms with E-state index in [-0.39, 0.29) is 5.69 Å². The van der Waals surface area contributed by atoms with E-state index in [1.54, 1.807) is 12.3 Å². The highest BCUT2D eigenvalue weighted by Crippen LogP contribution is 2.22. The summed E-state index contributed by atoms with van der Waals surface area (Å²) in [5.74, 6) is 0.602. The maximum atomic E-state index is 10.8. The third kappa shape index (κ3) is 4.93. The van der Waals surface area contributed by atoms with Crippen molar-refractivity contribution < 1.29 is 9.13 Å². The van der Waals surface area contributed by atoms with Crippen LogP contribution in [-0.2, 0) is 17.3 Å². The second kappa shape index (κ2) is 6.83. The number of non-ortho nitro benzene ring substituents is 1. The van der Waals surface area contributed by atoms with Crippen LogP contribution in [0.25, 0.3) is 0 Å². The lowest BCUT2D eigenvalue weighted by atomic mass is 10.2. The highest BCUT2D eigenvalue weighted by atomic mass is 79.9. The Bertz CT molecular complexity index is 440. The van der Waals surface area contributed by atoms with E-state index < -0.39 is 15.7 Å². The van der Waals surface area contributed by atoms with Gasteiger partial charge in [0.25, 0.3) is 5.69 Å². The number of nitro benzene ring substituents is 1. The predicted molar refractivity (Wildman–Crippen MR) is 71.4 cm³/mol. The van der Waals surface area contributed by atoms with Crippen LogP contribution in [-0.4, -0.2) is 27.7 Å². The fourth-order valence-corrected chi connectivity index (χ4v) is 2.17. The fraction of sp³-hybridized carbons (Fsp3) is 0.400. The number of hydrogen-bond donors (Lipinski definition) is 1. The van der Waals surface area contributed by atoms with Crippen LogP contribution in [0.2, 0.25) is 0 Å². The molecule has 0 aromatic heterocycles. The molecule has 0 saturated heterocycles. The van der Waals surface area contributed by atoms with Crippen molar-refractivity contribution in [1.82, 2.24) is 5.32 Å². The van der Waals surface area contributed by atoms with Crippen LogP contribution < -0.4 is 5.32 Å². The molecule has 1 aromatic carbocycles. The fourth-order valence-electron chi connectivity index (χ4n) is 1.23. The molecule has 0 spiro atoms. The summed E-state index contributed by atoms with van der Waals surface area (Å²) in [6, 6.07) is 4.66. The molecule has 17 heavy (non-hydrogen) atoms. The molecule has 1 aromatic rings. The summed E-state index contributed by atoms with van der Waals surface area (Å²) in [6.07, 6.45) is 1.66. The average molecular weight is 321 g/mol. The van der Waals surface area contributed by atoms with Crippen molar-refractivity contribution in [2.75, 3.05) is 18.6 Å². The highest BCUT2D eigenvalue weighted by molar-refractivity contribution is 9.10. The Morgan fingerprint density at radius 2 is 2.24 bits per heavy atom. The lowest BCUT2D eigenvalue weighted by Gasteiger charge is -2.06. The molecule has 0 saturated carbocycles. The quantitative estimate of drug-likeness (QED) is 0.493. The summed E-state index contributed by atoms with van der Waals surface area (Å²) >= 11 is 3.29. The number of nitrogens with zero attached hydrogens (tertiary/aromatic N) is 1. The van der Waals surface area contributed by atoms with Gasteiger partial charge in [0.15, 0.2) is 0 Å². The van der Waals surface area contributed by atoms with Gasteiger partial charge in [-0.1, -0.05) is 15.9 Å². The maximum Gasteiger partial charge on any atom is 0.270 e. The van der Waals surface area contributed by atoms with E-state index in [4.69, 9.17) is 0 Å². The molecule has 0 aliphatic rings. The van der Waals surface area contributed by atoms with Crippen molar-refractivity contribution in [3.63, 3.8) is 0 Å². The van der Waals surface area contributed by atoms with E-state index >= 15 is 0 Å². The first-order chi connectivity index (χ1) is 8.00. The first-order valence-corrected chi connectivity index (χ1v) is 7.46. The van der Waals surface area contributed by atoms with E-state index in [1.165, 1.54) is 12.1 Å². The summed E-state index contributed by atoms with van der Waals surface area (Å²) < 4.78 is 11.5. The molecule has 0 bridgehead atoms. The lowest BCUT2D eigenvalue weighted by molar-refractivity contribution is -0.384. The van der Waals surface area contributed by atoms with Gasteiger partial charge in [-0.05, 0) is 11.6 Å². The summed E-state index contributed by atoms with van der Waals surface area (Å²) in [7, 11) is -0.802. The van der Waals surface area contributed by atoms with E-state index in [1.807, 2.05) is 0 Å². The Hall–Kier alpha value is -0.790. The van der Waals surface area contributed by atoms with E-state index in [0.717, 1.165) is 5.56 Å². The van der Waals surface area contributed by atoms with Crippen molar-refractivity contribution >= 4 is 32.4 Å². The first-order valence-electron chi connectivity index (χ1n) is 4.94. The third-order valence-electron chi connectivity index (χ3n) is 2.13. The standard InChI is InChI=1S/C10H13BrN2O3S/c1-17(16)5-4-12-7-8-2-3-9(13(14)15)6-10(8)11/h2-3,6,12H,4-5,7H2,1H3. The molecule has 7 heteroatoms. The van der Waals surface area contributed by atoms with E-state index in [0.29, 0.717) is 23.3 Å². The molecule has 0 aliphatic carbocycles. The summed E-state index contributed by atoms with van der Waals surface area (Å²) in [4.78, 5) is 10.1. The summed E-state index contributed by atoms with van der Waals surface area (Å²) in [6.45, 7) is 1.25. The van der Waals surface area contributed by atoms with Crippen LogP contribution in [0.15, 0.2) is 22.7 Å². The molecule has 0 fully saturated rings. The zero-order valence-electron chi connectivity index (χ0n) is 9.31. The molecule has 1 atom stereocenters. The van der Waals surface area contributed by atoms with Crippen LogP contribution in [0.1, 0.15) is 5.56 Å². The molecule has 5 nitrogen and oxygen atoms in total. The first kappa shape index (κ1) is 14.3. The van der Waals surface area contributed by atoms with Crippen LogP contribution in [0.4, 0.5) is 5.69 Å². The Kier molecular flexibility index (Phi) is 5.73. The molecule has 0 amide bonds. The average Bonchev–Trinajstić information content (AvgIpc) is 2.25. The van der Waals surface area contributed by atoms with Crippen molar-refractivity contribution in [2.45, 2.75) is 6.54 Å². The Labute approximate surface area is 110 Å². The molecule has 0 aliphatic heterocycles. The highest BCUT2D eigenvalue weighted by Gasteiger charge is 2.08. The molecule has 1 rings (SSSR count). The number of rotatable bonds is 6. The predicted octanol–water partition coefficient (Wildman–Crippen LogP) is 1.83. The Morgan fingerprint density at radius 1 is 1.53 bits per heavy atom. The van der Waals surface area contributed by atoms with Gasteiger partial charge in [0.1, 0.15) is 0 Å². The molecular formula is C10H13BrN2O3S. The molecule has 1 N–H and O–H groups in total. The van der Waals surface area contributed by atoms with Gasteiger partial charge in [0, 0.05) is 52.5 Å². The zero-order valence-corrected chi connectivity index (χ0v) is 11.7.